The molecule has 1 aliphatic rings. The standard InChI is InChI=1S/C18H24O5/c1-4-16(23-12-13-11-22-13)14-7-6-8-17(20-3)15(14)9-10-18(19)21-5-2/h6-10,13,16H,4-5,11-12H2,1-3H3/t13-,16-/m1/s1. The van der Waals surface area contributed by atoms with Crippen molar-refractivity contribution in [3.8, 4) is 5.75 Å². The topological polar surface area (TPSA) is 57.3 Å². The van der Waals surface area contributed by atoms with Crippen molar-refractivity contribution in [2.45, 2.75) is 32.5 Å². The number of rotatable bonds is 9. The number of methoxy groups -OCH3 is 1. The van der Waals surface area contributed by atoms with Crippen molar-refractivity contribution in [2.24, 2.45) is 0 Å². The van der Waals surface area contributed by atoms with E-state index in [4.69, 9.17) is 18.9 Å². The summed E-state index contributed by atoms with van der Waals surface area (Å²) in [6.45, 7) is 5.54. The molecule has 0 amide bonds. The molecular formula is C18H24O5. The van der Waals surface area contributed by atoms with Gasteiger partial charge in [-0.1, -0.05) is 19.1 Å². The number of hydrogen-bond donors (Lipinski definition) is 0. The fourth-order valence-electron chi connectivity index (χ4n) is 2.36. The maximum atomic E-state index is 11.6. The van der Waals surface area contributed by atoms with Crippen molar-refractivity contribution in [1.82, 2.24) is 0 Å². The summed E-state index contributed by atoms with van der Waals surface area (Å²) in [5, 5.41) is 0. The quantitative estimate of drug-likeness (QED) is 0.397. The monoisotopic (exact) mass is 320 g/mol. The highest BCUT2D eigenvalue weighted by atomic mass is 16.6. The molecule has 2 rings (SSSR count). The van der Waals surface area contributed by atoms with Crippen molar-refractivity contribution in [3.63, 3.8) is 0 Å². The minimum atomic E-state index is -0.371. The maximum absolute atomic E-state index is 11.6. The second kappa shape index (κ2) is 8.70. The van der Waals surface area contributed by atoms with Crippen LogP contribution < -0.4 is 4.74 Å². The van der Waals surface area contributed by atoms with E-state index < -0.39 is 0 Å². The fraction of sp³-hybridized carbons (Fsp3) is 0.500. The van der Waals surface area contributed by atoms with Crippen molar-refractivity contribution < 1.29 is 23.7 Å². The van der Waals surface area contributed by atoms with Crippen molar-refractivity contribution in [1.29, 1.82) is 0 Å². The number of carbonyl (C=O) groups is 1. The molecule has 5 nitrogen and oxygen atoms in total. The van der Waals surface area contributed by atoms with E-state index in [1.165, 1.54) is 6.08 Å². The van der Waals surface area contributed by atoms with Crippen LogP contribution in [0.25, 0.3) is 6.08 Å². The van der Waals surface area contributed by atoms with Gasteiger partial charge in [-0.3, -0.25) is 0 Å². The van der Waals surface area contributed by atoms with Crippen LogP contribution in [0.4, 0.5) is 0 Å². The number of ether oxygens (including phenoxy) is 4. The summed E-state index contributed by atoms with van der Waals surface area (Å²) in [5.41, 5.74) is 1.83. The molecule has 126 valence electrons. The van der Waals surface area contributed by atoms with Crippen molar-refractivity contribution >= 4 is 12.0 Å². The van der Waals surface area contributed by atoms with Gasteiger partial charge in [-0.15, -0.1) is 0 Å². The van der Waals surface area contributed by atoms with Gasteiger partial charge in [0.15, 0.2) is 0 Å². The smallest absolute Gasteiger partial charge is 0.330 e. The van der Waals surface area contributed by atoms with Gasteiger partial charge in [0.2, 0.25) is 0 Å². The third-order valence-electron chi connectivity index (χ3n) is 3.60. The molecular weight excluding hydrogens is 296 g/mol. The molecule has 0 bridgehead atoms. The zero-order valence-corrected chi connectivity index (χ0v) is 13.9. The van der Waals surface area contributed by atoms with Gasteiger partial charge in [0.25, 0.3) is 0 Å². The van der Waals surface area contributed by atoms with Gasteiger partial charge < -0.3 is 18.9 Å². The van der Waals surface area contributed by atoms with Crippen molar-refractivity contribution in [2.75, 3.05) is 26.9 Å². The second-order valence-corrected chi connectivity index (χ2v) is 5.23. The lowest BCUT2D eigenvalue weighted by Gasteiger charge is -2.20. The van der Waals surface area contributed by atoms with Crippen molar-refractivity contribution in [3.05, 3.63) is 35.4 Å². The lowest BCUT2D eigenvalue weighted by molar-refractivity contribution is -0.137. The van der Waals surface area contributed by atoms with E-state index in [2.05, 4.69) is 6.92 Å². The van der Waals surface area contributed by atoms with E-state index in [9.17, 15) is 4.79 Å². The van der Waals surface area contributed by atoms with E-state index >= 15 is 0 Å². The average molecular weight is 320 g/mol. The maximum Gasteiger partial charge on any atom is 0.330 e. The SMILES string of the molecule is CCOC(=O)C=Cc1c(OC)cccc1[C@@H](CC)OC[C@H]1CO1. The van der Waals surface area contributed by atoms with Crippen LogP contribution in [0.2, 0.25) is 0 Å². The molecule has 0 spiro atoms. The first-order valence-corrected chi connectivity index (χ1v) is 7.94. The fourth-order valence-corrected chi connectivity index (χ4v) is 2.36. The minimum Gasteiger partial charge on any atom is -0.496 e. The summed E-state index contributed by atoms with van der Waals surface area (Å²) in [6.07, 6.45) is 4.11. The Labute approximate surface area is 137 Å². The Morgan fingerprint density at radius 1 is 1.43 bits per heavy atom. The van der Waals surface area contributed by atoms with Gasteiger partial charge in [-0.2, -0.15) is 0 Å². The van der Waals surface area contributed by atoms with Crippen LogP contribution in [0.5, 0.6) is 5.75 Å². The Kier molecular flexibility index (Phi) is 6.62. The Bertz CT molecular complexity index is 548. The average Bonchev–Trinajstić information content (AvgIpc) is 3.38. The molecule has 2 atom stereocenters. The third-order valence-corrected chi connectivity index (χ3v) is 3.60. The van der Waals surface area contributed by atoms with Gasteiger partial charge >= 0.3 is 5.97 Å². The first kappa shape index (κ1) is 17.5. The third kappa shape index (κ3) is 5.08. The van der Waals surface area contributed by atoms with Crippen LogP contribution in [0.1, 0.15) is 37.5 Å². The number of esters is 1. The Morgan fingerprint density at radius 3 is 2.83 bits per heavy atom. The Morgan fingerprint density at radius 2 is 2.22 bits per heavy atom. The first-order valence-electron chi connectivity index (χ1n) is 7.94. The van der Waals surface area contributed by atoms with Gasteiger partial charge in [-0.05, 0) is 31.1 Å². The number of hydrogen-bond acceptors (Lipinski definition) is 5. The number of epoxide rings is 1. The molecule has 1 aromatic rings. The molecule has 1 heterocycles. The van der Waals surface area contributed by atoms with Crippen LogP contribution in [-0.2, 0) is 19.0 Å². The summed E-state index contributed by atoms with van der Waals surface area (Å²) >= 11 is 0. The van der Waals surface area contributed by atoms with Crippen LogP contribution in [0.3, 0.4) is 0 Å². The molecule has 1 fully saturated rings. The molecule has 1 aliphatic heterocycles. The number of benzene rings is 1. The molecule has 0 aliphatic carbocycles. The highest BCUT2D eigenvalue weighted by Gasteiger charge is 2.25. The van der Waals surface area contributed by atoms with E-state index in [0.29, 0.717) is 19.0 Å². The molecule has 1 aromatic carbocycles. The van der Waals surface area contributed by atoms with Crippen LogP contribution >= 0.6 is 0 Å². The predicted molar refractivity (Wildman–Crippen MR) is 87.4 cm³/mol. The van der Waals surface area contributed by atoms with E-state index in [-0.39, 0.29) is 18.2 Å². The van der Waals surface area contributed by atoms with Crippen LogP contribution in [0.15, 0.2) is 24.3 Å². The summed E-state index contributed by atoms with van der Waals surface area (Å²) in [6, 6.07) is 5.79. The highest BCUT2D eigenvalue weighted by Crippen LogP contribution is 2.32. The molecule has 0 radical (unpaired) electrons. The summed E-state index contributed by atoms with van der Waals surface area (Å²) in [7, 11) is 1.61. The van der Waals surface area contributed by atoms with Gasteiger partial charge in [-0.25, -0.2) is 4.79 Å². The summed E-state index contributed by atoms with van der Waals surface area (Å²) in [4.78, 5) is 11.6. The lowest BCUT2D eigenvalue weighted by Crippen LogP contribution is -2.10. The predicted octanol–water partition coefficient (Wildman–Crippen LogP) is 3.14. The normalized spacial score (nSPS) is 18.0. The van der Waals surface area contributed by atoms with Gasteiger partial charge in [0, 0.05) is 11.6 Å². The molecule has 0 unspecified atom stereocenters. The lowest BCUT2D eigenvalue weighted by atomic mass is 9.99. The van der Waals surface area contributed by atoms with E-state index in [1.54, 1.807) is 20.1 Å². The van der Waals surface area contributed by atoms with Gasteiger partial charge in [0.1, 0.15) is 11.9 Å². The summed E-state index contributed by atoms with van der Waals surface area (Å²) in [5.74, 6) is 0.331. The molecule has 0 saturated carbocycles. The van der Waals surface area contributed by atoms with Crippen LogP contribution in [0, 0.1) is 0 Å². The molecule has 0 N–H and O–H groups in total. The van der Waals surface area contributed by atoms with Crippen LogP contribution in [-0.4, -0.2) is 39.0 Å². The van der Waals surface area contributed by atoms with E-state index in [0.717, 1.165) is 24.2 Å². The molecule has 1 saturated heterocycles. The largest absolute Gasteiger partial charge is 0.496 e. The molecule has 23 heavy (non-hydrogen) atoms. The summed E-state index contributed by atoms with van der Waals surface area (Å²) < 4.78 is 21.5. The van der Waals surface area contributed by atoms with E-state index in [1.807, 2.05) is 18.2 Å². The Balaban J connectivity index is 2.23. The molecule has 5 heteroatoms. The second-order valence-electron chi connectivity index (χ2n) is 5.23. The zero-order chi connectivity index (χ0) is 16.7. The number of carbonyl (C=O) groups excluding carboxylic acids is 1. The van der Waals surface area contributed by atoms with Gasteiger partial charge in [0.05, 0.1) is 33.0 Å². The zero-order valence-electron chi connectivity index (χ0n) is 13.9. The first-order chi connectivity index (χ1) is 11.2. The Hall–Kier alpha value is -1.85. The molecule has 0 aromatic heterocycles. The minimum absolute atomic E-state index is 0.0730. The highest BCUT2D eigenvalue weighted by molar-refractivity contribution is 5.88.